The molecule has 0 aliphatic carbocycles. The van der Waals surface area contributed by atoms with E-state index in [1.54, 1.807) is 0 Å². The maximum absolute atomic E-state index is 12.6. The van der Waals surface area contributed by atoms with E-state index in [4.69, 9.17) is 4.74 Å². The van der Waals surface area contributed by atoms with E-state index in [9.17, 15) is 9.59 Å². The molecule has 0 spiro atoms. The number of carbonyl (C=O) groups excluding carboxylic acids is 2. The number of nitrogens with zero attached hydrogens (tertiary/aromatic N) is 2. The lowest BCUT2D eigenvalue weighted by molar-refractivity contribution is -0.133. The summed E-state index contributed by atoms with van der Waals surface area (Å²) in [4.78, 5) is 28.1. The molecular formula is C18H24N2O3. The molecule has 0 atom stereocenters. The SMILES string of the molecule is CCC(=O)N1CCCN(C(=O)Cc2ccc3c(c2)CCO3)CC1. The van der Waals surface area contributed by atoms with Crippen LogP contribution in [0.3, 0.4) is 0 Å². The third kappa shape index (κ3) is 3.66. The number of fused-ring (bicyclic) bond motifs is 1. The predicted octanol–water partition coefficient (Wildman–Crippen LogP) is 1.63. The van der Waals surface area contributed by atoms with E-state index in [2.05, 4.69) is 6.07 Å². The summed E-state index contributed by atoms with van der Waals surface area (Å²) < 4.78 is 5.50. The van der Waals surface area contributed by atoms with Crippen LogP contribution in [0.15, 0.2) is 18.2 Å². The average Bonchev–Trinajstić information content (AvgIpc) is 2.88. The van der Waals surface area contributed by atoms with Gasteiger partial charge in [0.15, 0.2) is 0 Å². The second-order valence-corrected chi connectivity index (χ2v) is 6.19. The van der Waals surface area contributed by atoms with Crippen molar-refractivity contribution in [1.82, 2.24) is 9.80 Å². The first-order chi connectivity index (χ1) is 11.2. The van der Waals surface area contributed by atoms with E-state index in [1.165, 1.54) is 5.56 Å². The van der Waals surface area contributed by atoms with Crippen molar-refractivity contribution in [3.05, 3.63) is 29.3 Å². The Morgan fingerprint density at radius 3 is 2.57 bits per heavy atom. The molecule has 2 heterocycles. The monoisotopic (exact) mass is 316 g/mol. The van der Waals surface area contributed by atoms with E-state index < -0.39 is 0 Å². The largest absolute Gasteiger partial charge is 0.493 e. The van der Waals surface area contributed by atoms with Gasteiger partial charge in [0.1, 0.15) is 5.75 Å². The Balaban J connectivity index is 1.59. The number of carbonyl (C=O) groups is 2. The first-order valence-corrected chi connectivity index (χ1v) is 8.47. The first kappa shape index (κ1) is 15.8. The molecule has 5 nitrogen and oxygen atoms in total. The number of benzene rings is 1. The Morgan fingerprint density at radius 2 is 1.83 bits per heavy atom. The molecule has 1 fully saturated rings. The second kappa shape index (κ2) is 7.02. The third-order valence-electron chi connectivity index (χ3n) is 4.61. The first-order valence-electron chi connectivity index (χ1n) is 8.47. The molecule has 5 heteroatoms. The van der Waals surface area contributed by atoms with E-state index in [1.807, 2.05) is 28.9 Å². The van der Waals surface area contributed by atoms with Gasteiger partial charge in [-0.25, -0.2) is 0 Å². The number of hydrogen-bond acceptors (Lipinski definition) is 3. The Kier molecular flexibility index (Phi) is 4.84. The molecule has 1 saturated heterocycles. The molecule has 2 aliphatic heterocycles. The molecule has 3 rings (SSSR count). The van der Waals surface area contributed by atoms with Crippen molar-refractivity contribution in [2.45, 2.75) is 32.6 Å². The van der Waals surface area contributed by atoms with Gasteiger partial charge in [0.2, 0.25) is 11.8 Å². The molecule has 0 aromatic heterocycles. The van der Waals surface area contributed by atoms with E-state index in [0.29, 0.717) is 25.9 Å². The minimum Gasteiger partial charge on any atom is -0.493 e. The maximum Gasteiger partial charge on any atom is 0.227 e. The molecule has 0 N–H and O–H groups in total. The van der Waals surface area contributed by atoms with Crippen molar-refractivity contribution in [2.75, 3.05) is 32.8 Å². The Hall–Kier alpha value is -2.04. The molecule has 2 aliphatic rings. The molecule has 0 radical (unpaired) electrons. The van der Waals surface area contributed by atoms with Crippen LogP contribution < -0.4 is 4.74 Å². The number of hydrogen-bond donors (Lipinski definition) is 0. The Labute approximate surface area is 137 Å². The lowest BCUT2D eigenvalue weighted by Gasteiger charge is -2.22. The van der Waals surface area contributed by atoms with Crippen molar-refractivity contribution in [3.63, 3.8) is 0 Å². The van der Waals surface area contributed by atoms with Crippen LogP contribution in [0.1, 0.15) is 30.9 Å². The van der Waals surface area contributed by atoms with E-state index >= 15 is 0 Å². The summed E-state index contributed by atoms with van der Waals surface area (Å²) in [5.41, 5.74) is 2.25. The van der Waals surface area contributed by atoms with Crippen molar-refractivity contribution in [2.24, 2.45) is 0 Å². The molecule has 23 heavy (non-hydrogen) atoms. The highest BCUT2D eigenvalue weighted by Gasteiger charge is 2.22. The molecule has 1 aromatic carbocycles. The van der Waals surface area contributed by atoms with Crippen LogP contribution in [-0.2, 0) is 22.4 Å². The lowest BCUT2D eigenvalue weighted by Crippen LogP contribution is -2.37. The Morgan fingerprint density at radius 1 is 1.09 bits per heavy atom. The molecule has 0 bridgehead atoms. The van der Waals surface area contributed by atoms with Gasteiger partial charge in [-0.15, -0.1) is 0 Å². The van der Waals surface area contributed by atoms with Crippen LogP contribution in [0.4, 0.5) is 0 Å². The quantitative estimate of drug-likeness (QED) is 0.852. The minimum absolute atomic E-state index is 0.148. The zero-order valence-electron chi connectivity index (χ0n) is 13.7. The van der Waals surface area contributed by atoms with Crippen molar-refractivity contribution < 1.29 is 14.3 Å². The van der Waals surface area contributed by atoms with Crippen LogP contribution >= 0.6 is 0 Å². The average molecular weight is 316 g/mol. The van der Waals surface area contributed by atoms with Gasteiger partial charge in [-0.3, -0.25) is 9.59 Å². The van der Waals surface area contributed by atoms with E-state index in [-0.39, 0.29) is 11.8 Å². The van der Waals surface area contributed by atoms with Crippen LogP contribution in [0.25, 0.3) is 0 Å². The molecule has 124 valence electrons. The summed E-state index contributed by atoms with van der Waals surface area (Å²) in [6, 6.07) is 6.03. The van der Waals surface area contributed by atoms with Crippen LogP contribution in [-0.4, -0.2) is 54.4 Å². The van der Waals surface area contributed by atoms with Gasteiger partial charge in [0.05, 0.1) is 13.0 Å². The molecule has 2 amide bonds. The molecule has 0 unspecified atom stereocenters. The van der Waals surface area contributed by atoms with Gasteiger partial charge >= 0.3 is 0 Å². The van der Waals surface area contributed by atoms with Crippen LogP contribution in [0, 0.1) is 0 Å². The highest BCUT2D eigenvalue weighted by molar-refractivity contribution is 5.79. The fourth-order valence-corrected chi connectivity index (χ4v) is 3.28. The maximum atomic E-state index is 12.6. The zero-order valence-corrected chi connectivity index (χ0v) is 13.7. The topological polar surface area (TPSA) is 49.9 Å². The van der Waals surface area contributed by atoms with Gasteiger partial charge in [-0.1, -0.05) is 19.1 Å². The summed E-state index contributed by atoms with van der Waals surface area (Å²) >= 11 is 0. The molecular weight excluding hydrogens is 292 g/mol. The van der Waals surface area contributed by atoms with Crippen molar-refractivity contribution in [3.8, 4) is 5.75 Å². The molecule has 0 saturated carbocycles. The van der Waals surface area contributed by atoms with Gasteiger partial charge in [0.25, 0.3) is 0 Å². The normalized spacial score (nSPS) is 17.4. The third-order valence-corrected chi connectivity index (χ3v) is 4.61. The fourth-order valence-electron chi connectivity index (χ4n) is 3.28. The van der Waals surface area contributed by atoms with E-state index in [0.717, 1.165) is 43.9 Å². The standard InChI is InChI=1S/C18H24N2O3/c1-2-17(21)19-7-3-8-20(10-9-19)18(22)13-14-4-5-16-15(12-14)6-11-23-16/h4-5,12H,2-3,6-11,13H2,1H3. The lowest BCUT2D eigenvalue weighted by atomic mass is 10.1. The minimum atomic E-state index is 0.148. The zero-order chi connectivity index (χ0) is 16.2. The van der Waals surface area contributed by atoms with Gasteiger partial charge in [-0.2, -0.15) is 0 Å². The number of ether oxygens (including phenoxy) is 1. The highest BCUT2D eigenvalue weighted by Crippen LogP contribution is 2.26. The fraction of sp³-hybridized carbons (Fsp3) is 0.556. The number of amides is 2. The van der Waals surface area contributed by atoms with Crippen LogP contribution in [0.5, 0.6) is 5.75 Å². The predicted molar refractivity (Wildman–Crippen MR) is 87.4 cm³/mol. The van der Waals surface area contributed by atoms with Crippen molar-refractivity contribution in [1.29, 1.82) is 0 Å². The van der Waals surface area contributed by atoms with Crippen LogP contribution in [0.2, 0.25) is 0 Å². The Bertz CT molecular complexity index is 600. The smallest absolute Gasteiger partial charge is 0.227 e. The highest BCUT2D eigenvalue weighted by atomic mass is 16.5. The number of rotatable bonds is 3. The van der Waals surface area contributed by atoms with Gasteiger partial charge < -0.3 is 14.5 Å². The second-order valence-electron chi connectivity index (χ2n) is 6.19. The summed E-state index contributed by atoms with van der Waals surface area (Å²) in [5, 5.41) is 0. The summed E-state index contributed by atoms with van der Waals surface area (Å²) in [5.74, 6) is 1.28. The van der Waals surface area contributed by atoms with Gasteiger partial charge in [0, 0.05) is 39.0 Å². The molecule has 1 aromatic rings. The summed E-state index contributed by atoms with van der Waals surface area (Å²) in [7, 11) is 0. The summed E-state index contributed by atoms with van der Waals surface area (Å²) in [6.07, 6.45) is 2.74. The van der Waals surface area contributed by atoms with Crippen molar-refractivity contribution >= 4 is 11.8 Å². The van der Waals surface area contributed by atoms with Gasteiger partial charge in [-0.05, 0) is 23.6 Å². The summed E-state index contributed by atoms with van der Waals surface area (Å²) in [6.45, 7) is 5.40.